The number of alkyl carbamates (subject to hydrolysis) is 1. The van der Waals surface area contributed by atoms with Crippen molar-refractivity contribution in [3.05, 3.63) is 54.6 Å². The average Bonchev–Trinajstić information content (AvgIpc) is 2.66. The van der Waals surface area contributed by atoms with Gasteiger partial charge in [-0.05, 0) is 63.6 Å². The molecule has 0 aliphatic carbocycles. The molecule has 0 aromatic heterocycles. The van der Waals surface area contributed by atoms with Gasteiger partial charge in [-0.3, -0.25) is 4.79 Å². The normalized spacial score (nSPS) is 12.0. The van der Waals surface area contributed by atoms with Crippen molar-refractivity contribution in [1.82, 2.24) is 5.32 Å². The van der Waals surface area contributed by atoms with E-state index in [9.17, 15) is 9.59 Å². The standard InChI is InChI=1S/C22H29N3O4/c1-22(2,3)29-21(27)25-17(15-23)11-14-20(26)24-16-9-12-19(13-10-16)28-18-7-5-4-6-8-18/h4-10,12-13,17H,11,14-15,23H2,1-3H3,(H,24,26)(H,25,27)/t17-/m0/s1. The Morgan fingerprint density at radius 1 is 1.00 bits per heavy atom. The molecule has 7 heteroatoms. The predicted octanol–water partition coefficient (Wildman–Crippen LogP) is 4.05. The molecule has 2 aromatic rings. The Balaban J connectivity index is 1.78. The molecular weight excluding hydrogens is 370 g/mol. The number of nitrogens with two attached hydrogens (primary N) is 1. The number of nitrogens with one attached hydrogen (secondary N) is 2. The lowest BCUT2D eigenvalue weighted by atomic mass is 10.1. The Morgan fingerprint density at radius 3 is 2.21 bits per heavy atom. The monoisotopic (exact) mass is 399 g/mol. The van der Waals surface area contributed by atoms with Crippen molar-refractivity contribution in [3.8, 4) is 11.5 Å². The van der Waals surface area contributed by atoms with E-state index in [1.165, 1.54) is 0 Å². The van der Waals surface area contributed by atoms with Crippen molar-refractivity contribution < 1.29 is 19.1 Å². The zero-order valence-electron chi connectivity index (χ0n) is 17.1. The lowest BCUT2D eigenvalue weighted by Crippen LogP contribution is -2.43. The number of anilines is 1. The zero-order valence-corrected chi connectivity index (χ0v) is 17.1. The number of amides is 2. The molecule has 0 heterocycles. The summed E-state index contributed by atoms with van der Waals surface area (Å²) in [7, 11) is 0. The van der Waals surface area contributed by atoms with Gasteiger partial charge in [-0.25, -0.2) is 4.79 Å². The summed E-state index contributed by atoms with van der Waals surface area (Å²) in [5, 5.41) is 5.52. The molecule has 0 aliphatic rings. The molecule has 0 radical (unpaired) electrons. The van der Waals surface area contributed by atoms with Gasteiger partial charge >= 0.3 is 6.09 Å². The third-order valence-electron chi connectivity index (χ3n) is 3.84. The Kier molecular flexibility index (Phi) is 8.03. The Hall–Kier alpha value is -3.06. The predicted molar refractivity (Wildman–Crippen MR) is 113 cm³/mol. The summed E-state index contributed by atoms with van der Waals surface area (Å²) < 4.78 is 10.9. The number of carbonyl (C=O) groups is 2. The van der Waals surface area contributed by atoms with E-state index >= 15 is 0 Å². The quantitative estimate of drug-likeness (QED) is 0.621. The number of benzene rings is 2. The molecule has 0 bridgehead atoms. The second kappa shape index (κ2) is 10.5. The lowest BCUT2D eigenvalue weighted by Gasteiger charge is -2.23. The Bertz CT molecular complexity index is 786. The van der Waals surface area contributed by atoms with Crippen LogP contribution in [0.4, 0.5) is 10.5 Å². The van der Waals surface area contributed by atoms with E-state index in [4.69, 9.17) is 15.2 Å². The molecule has 0 saturated heterocycles. The molecular formula is C22H29N3O4. The van der Waals surface area contributed by atoms with E-state index in [1.807, 2.05) is 30.3 Å². The summed E-state index contributed by atoms with van der Waals surface area (Å²) in [5.74, 6) is 1.26. The van der Waals surface area contributed by atoms with Crippen molar-refractivity contribution in [2.24, 2.45) is 5.73 Å². The molecule has 0 fully saturated rings. The Morgan fingerprint density at radius 2 is 1.62 bits per heavy atom. The van der Waals surface area contributed by atoms with Crippen LogP contribution in [0.15, 0.2) is 54.6 Å². The van der Waals surface area contributed by atoms with Gasteiger partial charge in [0, 0.05) is 24.7 Å². The third-order valence-corrected chi connectivity index (χ3v) is 3.84. The molecule has 7 nitrogen and oxygen atoms in total. The second-order valence-electron chi connectivity index (χ2n) is 7.61. The van der Waals surface area contributed by atoms with Crippen LogP contribution in [0, 0.1) is 0 Å². The maximum atomic E-state index is 12.2. The van der Waals surface area contributed by atoms with Crippen molar-refractivity contribution in [2.45, 2.75) is 45.3 Å². The molecule has 2 aromatic carbocycles. The van der Waals surface area contributed by atoms with Gasteiger partial charge in [0.1, 0.15) is 17.1 Å². The van der Waals surface area contributed by atoms with Gasteiger partial charge in [-0.2, -0.15) is 0 Å². The summed E-state index contributed by atoms with van der Waals surface area (Å²) in [5.41, 5.74) is 5.77. The van der Waals surface area contributed by atoms with Crippen LogP contribution in [0.5, 0.6) is 11.5 Å². The number of rotatable bonds is 8. The number of para-hydroxylation sites is 1. The SMILES string of the molecule is CC(C)(C)OC(=O)N[C@H](CN)CCC(=O)Nc1ccc(Oc2ccccc2)cc1. The maximum Gasteiger partial charge on any atom is 0.407 e. The minimum Gasteiger partial charge on any atom is -0.457 e. The summed E-state index contributed by atoms with van der Waals surface area (Å²) in [4.78, 5) is 24.0. The van der Waals surface area contributed by atoms with Gasteiger partial charge < -0.3 is 25.8 Å². The first-order chi connectivity index (χ1) is 13.7. The third kappa shape index (κ3) is 8.66. The minimum atomic E-state index is -0.586. The number of ether oxygens (including phenoxy) is 2. The lowest BCUT2D eigenvalue weighted by molar-refractivity contribution is -0.116. The van der Waals surface area contributed by atoms with E-state index in [1.54, 1.807) is 45.0 Å². The first kappa shape index (κ1) is 22.2. The topological polar surface area (TPSA) is 103 Å². The first-order valence-corrected chi connectivity index (χ1v) is 9.57. The average molecular weight is 399 g/mol. The van der Waals surface area contributed by atoms with Crippen LogP contribution in [-0.4, -0.2) is 30.2 Å². The highest BCUT2D eigenvalue weighted by molar-refractivity contribution is 5.90. The van der Waals surface area contributed by atoms with Crippen LogP contribution in [-0.2, 0) is 9.53 Å². The van der Waals surface area contributed by atoms with Crippen molar-refractivity contribution >= 4 is 17.7 Å². The maximum absolute atomic E-state index is 12.2. The molecule has 29 heavy (non-hydrogen) atoms. The second-order valence-corrected chi connectivity index (χ2v) is 7.61. The molecule has 156 valence electrons. The molecule has 0 aliphatic heterocycles. The fraction of sp³-hybridized carbons (Fsp3) is 0.364. The van der Waals surface area contributed by atoms with Gasteiger partial charge in [0.05, 0.1) is 0 Å². The largest absolute Gasteiger partial charge is 0.457 e. The van der Waals surface area contributed by atoms with Crippen molar-refractivity contribution in [3.63, 3.8) is 0 Å². The number of carbonyl (C=O) groups excluding carboxylic acids is 2. The molecule has 0 saturated carbocycles. The van der Waals surface area contributed by atoms with E-state index in [-0.39, 0.29) is 24.9 Å². The summed E-state index contributed by atoms with van der Waals surface area (Å²) >= 11 is 0. The fourth-order valence-corrected chi connectivity index (χ4v) is 2.48. The summed E-state index contributed by atoms with van der Waals surface area (Å²) in [6.45, 7) is 5.58. The van der Waals surface area contributed by atoms with Crippen LogP contribution in [0.2, 0.25) is 0 Å². The smallest absolute Gasteiger partial charge is 0.407 e. The van der Waals surface area contributed by atoms with E-state index in [2.05, 4.69) is 10.6 Å². The zero-order chi connectivity index (χ0) is 21.3. The molecule has 1 atom stereocenters. The van der Waals surface area contributed by atoms with E-state index < -0.39 is 11.7 Å². The van der Waals surface area contributed by atoms with Gasteiger partial charge in [0.25, 0.3) is 0 Å². The highest BCUT2D eigenvalue weighted by atomic mass is 16.6. The van der Waals surface area contributed by atoms with Crippen LogP contribution < -0.4 is 21.1 Å². The van der Waals surface area contributed by atoms with Crippen LogP contribution in [0.1, 0.15) is 33.6 Å². The van der Waals surface area contributed by atoms with Crippen LogP contribution in [0.3, 0.4) is 0 Å². The highest BCUT2D eigenvalue weighted by Crippen LogP contribution is 2.22. The van der Waals surface area contributed by atoms with Crippen molar-refractivity contribution in [1.29, 1.82) is 0 Å². The fourth-order valence-electron chi connectivity index (χ4n) is 2.48. The summed E-state index contributed by atoms with van der Waals surface area (Å²) in [6, 6.07) is 16.2. The van der Waals surface area contributed by atoms with Crippen LogP contribution >= 0.6 is 0 Å². The molecule has 2 rings (SSSR count). The molecule has 0 unspecified atom stereocenters. The number of hydrogen-bond donors (Lipinski definition) is 3. The first-order valence-electron chi connectivity index (χ1n) is 9.57. The highest BCUT2D eigenvalue weighted by Gasteiger charge is 2.19. The van der Waals surface area contributed by atoms with E-state index in [0.29, 0.717) is 17.9 Å². The van der Waals surface area contributed by atoms with Gasteiger partial charge in [-0.15, -0.1) is 0 Å². The van der Waals surface area contributed by atoms with Crippen LogP contribution in [0.25, 0.3) is 0 Å². The molecule has 2 amide bonds. The Labute approximate surface area is 171 Å². The summed E-state index contributed by atoms with van der Waals surface area (Å²) in [6.07, 6.45) is 0.0961. The number of hydrogen-bond acceptors (Lipinski definition) is 5. The minimum absolute atomic E-state index is 0.161. The van der Waals surface area contributed by atoms with E-state index in [0.717, 1.165) is 5.75 Å². The van der Waals surface area contributed by atoms with Gasteiger partial charge in [-0.1, -0.05) is 18.2 Å². The molecule has 4 N–H and O–H groups in total. The van der Waals surface area contributed by atoms with Crippen molar-refractivity contribution in [2.75, 3.05) is 11.9 Å². The van der Waals surface area contributed by atoms with Gasteiger partial charge in [0.15, 0.2) is 0 Å². The molecule has 0 spiro atoms. The van der Waals surface area contributed by atoms with Gasteiger partial charge in [0.2, 0.25) is 5.91 Å².